The van der Waals surface area contributed by atoms with Gasteiger partial charge in [0.1, 0.15) is 10.9 Å². The second kappa shape index (κ2) is 11.5. The Bertz CT molecular complexity index is 1250. The first-order valence-corrected chi connectivity index (χ1v) is 14.5. The molecule has 0 unspecified atom stereocenters. The SMILES string of the molecule is CC[C@@H](C(=O)NC1CCCCC1)N(Cc1ccc(C)cc1)C(=O)CCN1C(=O)c2ccccc2S1(=O)=O. The first kappa shape index (κ1) is 26.9. The van der Waals surface area contributed by atoms with Gasteiger partial charge in [-0.15, -0.1) is 0 Å². The Balaban J connectivity index is 1.52. The number of aryl methyl sites for hydroxylation is 1. The number of nitrogens with zero attached hydrogens (tertiary/aromatic N) is 2. The van der Waals surface area contributed by atoms with Crippen molar-refractivity contribution in [1.82, 2.24) is 14.5 Å². The lowest BCUT2D eigenvalue weighted by Crippen LogP contribution is -2.52. The van der Waals surface area contributed by atoms with Crippen molar-refractivity contribution in [2.45, 2.75) is 82.3 Å². The van der Waals surface area contributed by atoms with Crippen molar-refractivity contribution in [1.29, 1.82) is 0 Å². The number of nitrogens with one attached hydrogen (secondary N) is 1. The molecule has 8 nitrogen and oxygen atoms in total. The van der Waals surface area contributed by atoms with Crippen LogP contribution in [0.1, 0.15) is 73.4 Å². The summed E-state index contributed by atoms with van der Waals surface area (Å²) in [6.07, 6.45) is 5.40. The number of amides is 3. The van der Waals surface area contributed by atoms with Crippen LogP contribution >= 0.6 is 0 Å². The summed E-state index contributed by atoms with van der Waals surface area (Å²) in [6, 6.07) is 13.2. The highest BCUT2D eigenvalue weighted by Crippen LogP contribution is 2.30. The van der Waals surface area contributed by atoms with Crippen molar-refractivity contribution in [2.75, 3.05) is 6.54 Å². The Labute approximate surface area is 219 Å². The van der Waals surface area contributed by atoms with Crippen LogP contribution in [0.15, 0.2) is 53.4 Å². The van der Waals surface area contributed by atoms with E-state index in [0.717, 1.165) is 41.1 Å². The van der Waals surface area contributed by atoms with Gasteiger partial charge in [0.05, 0.1) is 5.56 Å². The van der Waals surface area contributed by atoms with Crippen LogP contribution in [-0.4, -0.2) is 54.0 Å². The fraction of sp³-hybridized carbons (Fsp3) is 0.464. The molecule has 1 saturated carbocycles. The van der Waals surface area contributed by atoms with Gasteiger partial charge in [0.25, 0.3) is 15.9 Å². The van der Waals surface area contributed by atoms with E-state index in [1.807, 2.05) is 38.1 Å². The van der Waals surface area contributed by atoms with Crippen LogP contribution in [0.3, 0.4) is 0 Å². The minimum Gasteiger partial charge on any atom is -0.352 e. The summed E-state index contributed by atoms with van der Waals surface area (Å²) >= 11 is 0. The third-order valence-electron chi connectivity index (χ3n) is 7.25. The molecular formula is C28H35N3O5S. The van der Waals surface area contributed by atoms with Crippen molar-refractivity contribution in [2.24, 2.45) is 0 Å². The number of hydrogen-bond donors (Lipinski definition) is 1. The molecular weight excluding hydrogens is 490 g/mol. The van der Waals surface area contributed by atoms with Crippen LogP contribution in [0.2, 0.25) is 0 Å². The van der Waals surface area contributed by atoms with Gasteiger partial charge in [-0.1, -0.05) is 68.1 Å². The predicted octanol–water partition coefficient (Wildman–Crippen LogP) is 3.79. The number of carbonyl (C=O) groups excluding carboxylic acids is 3. The van der Waals surface area contributed by atoms with Gasteiger partial charge in [-0.25, -0.2) is 12.7 Å². The van der Waals surface area contributed by atoms with E-state index in [-0.39, 0.29) is 47.8 Å². The highest BCUT2D eigenvalue weighted by molar-refractivity contribution is 7.90. The molecule has 4 rings (SSSR count). The van der Waals surface area contributed by atoms with Gasteiger partial charge in [-0.2, -0.15) is 0 Å². The van der Waals surface area contributed by atoms with Crippen LogP contribution < -0.4 is 5.32 Å². The maximum absolute atomic E-state index is 13.6. The van der Waals surface area contributed by atoms with E-state index in [1.54, 1.807) is 12.1 Å². The zero-order valence-electron chi connectivity index (χ0n) is 21.5. The van der Waals surface area contributed by atoms with E-state index >= 15 is 0 Å². The molecule has 198 valence electrons. The normalized spacial score (nSPS) is 17.8. The second-order valence-corrected chi connectivity index (χ2v) is 11.7. The quantitative estimate of drug-likeness (QED) is 0.537. The summed E-state index contributed by atoms with van der Waals surface area (Å²) < 4.78 is 26.6. The number of fused-ring (bicyclic) bond motifs is 1. The van der Waals surface area contributed by atoms with Crippen molar-refractivity contribution in [3.63, 3.8) is 0 Å². The lowest BCUT2D eigenvalue weighted by Gasteiger charge is -2.33. The van der Waals surface area contributed by atoms with E-state index in [0.29, 0.717) is 6.42 Å². The molecule has 2 aromatic rings. The maximum atomic E-state index is 13.6. The van der Waals surface area contributed by atoms with Crippen LogP contribution in [0.4, 0.5) is 0 Å². The summed E-state index contributed by atoms with van der Waals surface area (Å²) in [6.45, 7) is 3.78. The van der Waals surface area contributed by atoms with Gasteiger partial charge in [-0.3, -0.25) is 14.4 Å². The highest BCUT2D eigenvalue weighted by atomic mass is 32.2. The highest BCUT2D eigenvalue weighted by Gasteiger charge is 2.41. The fourth-order valence-corrected chi connectivity index (χ4v) is 6.72. The topological polar surface area (TPSA) is 104 Å². The van der Waals surface area contributed by atoms with Gasteiger partial charge in [0.2, 0.25) is 11.8 Å². The molecule has 1 aliphatic carbocycles. The third-order valence-corrected chi connectivity index (χ3v) is 9.09. The van der Waals surface area contributed by atoms with Gasteiger partial charge in [-0.05, 0) is 43.9 Å². The zero-order valence-corrected chi connectivity index (χ0v) is 22.3. The zero-order chi connectivity index (χ0) is 26.6. The first-order chi connectivity index (χ1) is 17.7. The second-order valence-electron chi connectivity index (χ2n) is 9.90. The van der Waals surface area contributed by atoms with Gasteiger partial charge in [0, 0.05) is 25.6 Å². The van der Waals surface area contributed by atoms with Crippen molar-refractivity contribution >= 4 is 27.7 Å². The predicted molar refractivity (Wildman–Crippen MR) is 140 cm³/mol. The molecule has 1 heterocycles. The smallest absolute Gasteiger partial charge is 0.269 e. The Kier molecular flexibility index (Phi) is 8.32. The Hall–Kier alpha value is -3.20. The standard InChI is InChI=1S/C28H35N3O5S/c1-3-24(27(33)29-22-9-5-4-6-10-22)30(19-21-15-13-20(2)14-16-21)26(32)17-18-31-28(34)23-11-7-8-12-25(23)37(31,35)36/h7-8,11-16,22,24H,3-6,9-10,17-19H2,1-2H3,(H,29,33)/t24-/m0/s1. The lowest BCUT2D eigenvalue weighted by molar-refractivity contribution is -0.141. The number of rotatable bonds is 9. The first-order valence-electron chi connectivity index (χ1n) is 13.0. The molecule has 0 saturated heterocycles. The van der Waals surface area contributed by atoms with E-state index in [1.165, 1.54) is 23.5 Å². The van der Waals surface area contributed by atoms with Crippen molar-refractivity contribution in [3.05, 3.63) is 65.2 Å². The number of benzene rings is 2. The van der Waals surface area contributed by atoms with Gasteiger partial charge in [0.15, 0.2) is 0 Å². The molecule has 0 aromatic heterocycles. The molecule has 2 aromatic carbocycles. The average molecular weight is 526 g/mol. The minimum absolute atomic E-state index is 0.0396. The van der Waals surface area contributed by atoms with Gasteiger partial charge >= 0.3 is 0 Å². The van der Waals surface area contributed by atoms with Crippen molar-refractivity contribution < 1.29 is 22.8 Å². The number of sulfonamides is 1. The average Bonchev–Trinajstić information content (AvgIpc) is 3.09. The van der Waals surface area contributed by atoms with E-state index in [9.17, 15) is 22.8 Å². The number of hydrogen-bond acceptors (Lipinski definition) is 5. The molecule has 0 bridgehead atoms. The molecule has 1 atom stereocenters. The van der Waals surface area contributed by atoms with Gasteiger partial charge < -0.3 is 10.2 Å². The fourth-order valence-electron chi connectivity index (χ4n) is 5.15. The van der Waals surface area contributed by atoms with Crippen LogP contribution in [-0.2, 0) is 26.2 Å². The molecule has 3 amide bonds. The summed E-state index contributed by atoms with van der Waals surface area (Å²) in [4.78, 5) is 41.2. The number of carbonyl (C=O) groups is 3. The molecule has 0 spiro atoms. The molecule has 9 heteroatoms. The van der Waals surface area contributed by atoms with Crippen LogP contribution in [0, 0.1) is 6.92 Å². The summed E-state index contributed by atoms with van der Waals surface area (Å²) in [5, 5.41) is 3.14. The molecule has 1 fully saturated rings. The van der Waals surface area contributed by atoms with E-state index in [2.05, 4.69) is 5.32 Å². The summed E-state index contributed by atoms with van der Waals surface area (Å²) in [5.74, 6) is -1.19. The molecule has 1 aliphatic heterocycles. The molecule has 0 radical (unpaired) electrons. The summed E-state index contributed by atoms with van der Waals surface area (Å²) in [7, 11) is -4.01. The van der Waals surface area contributed by atoms with Crippen LogP contribution in [0.5, 0.6) is 0 Å². The Morgan fingerprint density at radius 3 is 2.38 bits per heavy atom. The Morgan fingerprint density at radius 2 is 1.73 bits per heavy atom. The van der Waals surface area contributed by atoms with E-state index < -0.39 is 22.0 Å². The van der Waals surface area contributed by atoms with E-state index in [4.69, 9.17) is 0 Å². The monoisotopic (exact) mass is 525 g/mol. The third kappa shape index (κ3) is 5.87. The Morgan fingerprint density at radius 1 is 1.05 bits per heavy atom. The summed E-state index contributed by atoms with van der Waals surface area (Å²) in [5.41, 5.74) is 2.07. The largest absolute Gasteiger partial charge is 0.352 e. The maximum Gasteiger partial charge on any atom is 0.269 e. The lowest BCUT2D eigenvalue weighted by atomic mass is 9.95. The van der Waals surface area contributed by atoms with Crippen LogP contribution in [0.25, 0.3) is 0 Å². The van der Waals surface area contributed by atoms with Crippen molar-refractivity contribution in [3.8, 4) is 0 Å². The minimum atomic E-state index is -4.01. The molecule has 2 aliphatic rings. The molecule has 1 N–H and O–H groups in total. The molecule has 37 heavy (non-hydrogen) atoms.